The van der Waals surface area contributed by atoms with Crippen LogP contribution < -0.4 is 5.73 Å². The number of rotatable bonds is 4. The van der Waals surface area contributed by atoms with Gasteiger partial charge < -0.3 is 10.5 Å². The first-order chi connectivity index (χ1) is 5.18. The molecular formula is C6H10N2O3. The summed E-state index contributed by atoms with van der Waals surface area (Å²) in [4.78, 5) is 20.2. The van der Waals surface area contributed by atoms with Crippen LogP contribution in [0.5, 0.6) is 0 Å². The Morgan fingerprint density at radius 3 is 2.64 bits per heavy atom. The summed E-state index contributed by atoms with van der Waals surface area (Å²) in [6.45, 7) is 0.196. The number of amides is 1. The lowest BCUT2D eigenvalue weighted by molar-refractivity contribution is 0.152. The van der Waals surface area contributed by atoms with Crippen LogP contribution in [0.2, 0.25) is 0 Å². The Kier molecular flexibility index (Phi) is 2.07. The van der Waals surface area contributed by atoms with E-state index >= 15 is 0 Å². The molecule has 0 aromatic rings. The molecule has 1 saturated carbocycles. The molecule has 0 bridgehead atoms. The summed E-state index contributed by atoms with van der Waals surface area (Å²) in [6, 6.07) is 0. The molecule has 0 unspecified atom stereocenters. The second-order valence-electron chi connectivity index (χ2n) is 2.73. The van der Waals surface area contributed by atoms with Gasteiger partial charge in [0.25, 0.3) is 0 Å². The second-order valence-corrected chi connectivity index (χ2v) is 2.73. The molecule has 1 amide bonds. The molecule has 0 atom stereocenters. The van der Waals surface area contributed by atoms with Gasteiger partial charge in [0, 0.05) is 6.42 Å². The van der Waals surface area contributed by atoms with Crippen molar-refractivity contribution in [2.24, 2.45) is 10.9 Å². The van der Waals surface area contributed by atoms with E-state index in [2.05, 4.69) is 9.91 Å². The molecule has 11 heavy (non-hydrogen) atoms. The number of ether oxygens (including phenoxy) is 1. The predicted molar refractivity (Wildman–Crippen MR) is 37.9 cm³/mol. The van der Waals surface area contributed by atoms with Crippen LogP contribution in [0.1, 0.15) is 19.3 Å². The minimum Gasteiger partial charge on any atom is -0.450 e. The van der Waals surface area contributed by atoms with Gasteiger partial charge in [-0.2, -0.15) is 4.91 Å². The maximum Gasteiger partial charge on any atom is 0.404 e. The van der Waals surface area contributed by atoms with Gasteiger partial charge in [-0.3, -0.25) is 0 Å². The molecule has 0 aromatic carbocycles. The van der Waals surface area contributed by atoms with Crippen LogP contribution in [0.15, 0.2) is 5.18 Å². The smallest absolute Gasteiger partial charge is 0.404 e. The Bertz CT molecular complexity index is 177. The lowest BCUT2D eigenvalue weighted by Gasteiger charge is -2.03. The minimum atomic E-state index is -0.799. The van der Waals surface area contributed by atoms with E-state index in [9.17, 15) is 9.70 Å². The first-order valence-electron chi connectivity index (χ1n) is 3.45. The molecule has 0 spiro atoms. The first kappa shape index (κ1) is 7.97. The van der Waals surface area contributed by atoms with Crippen LogP contribution in [0.4, 0.5) is 4.79 Å². The van der Waals surface area contributed by atoms with Gasteiger partial charge >= 0.3 is 6.09 Å². The second kappa shape index (κ2) is 2.86. The number of nitroso groups, excluding NO2 is 1. The predicted octanol–water partition coefficient (Wildman–Crippen LogP) is 0.771. The molecule has 0 saturated heterocycles. The van der Waals surface area contributed by atoms with Crippen molar-refractivity contribution in [3.8, 4) is 0 Å². The highest BCUT2D eigenvalue weighted by Crippen LogP contribution is 2.42. The first-order valence-corrected chi connectivity index (χ1v) is 3.45. The molecule has 0 heterocycles. The van der Waals surface area contributed by atoms with E-state index in [1.165, 1.54) is 0 Å². The number of nitrogens with zero attached hydrogens (tertiary/aromatic N) is 1. The fourth-order valence-electron chi connectivity index (χ4n) is 0.873. The lowest BCUT2D eigenvalue weighted by Crippen LogP contribution is -2.17. The van der Waals surface area contributed by atoms with Gasteiger partial charge in [-0.15, -0.1) is 0 Å². The highest BCUT2D eigenvalue weighted by Gasteiger charge is 2.44. The average Bonchev–Trinajstić information content (AvgIpc) is 2.69. The third kappa shape index (κ3) is 2.18. The standard InChI is InChI=1S/C6H10N2O3/c7-5(9)11-4-3-6(8-10)1-2-6/h1-4H2,(H2,7,9). The van der Waals surface area contributed by atoms with E-state index in [0.29, 0.717) is 6.42 Å². The molecule has 1 aliphatic carbocycles. The molecule has 0 aliphatic heterocycles. The average molecular weight is 158 g/mol. The molecule has 5 heteroatoms. The monoisotopic (exact) mass is 158 g/mol. The van der Waals surface area contributed by atoms with Gasteiger partial charge in [-0.25, -0.2) is 4.79 Å². The van der Waals surface area contributed by atoms with E-state index in [4.69, 9.17) is 5.73 Å². The maximum atomic E-state index is 10.1. The van der Waals surface area contributed by atoms with Crippen LogP contribution in [-0.2, 0) is 4.74 Å². The van der Waals surface area contributed by atoms with Gasteiger partial charge in [-0.05, 0) is 12.8 Å². The molecule has 5 nitrogen and oxygen atoms in total. The Morgan fingerprint density at radius 2 is 2.27 bits per heavy atom. The van der Waals surface area contributed by atoms with Crippen molar-refractivity contribution in [3.05, 3.63) is 4.91 Å². The zero-order valence-corrected chi connectivity index (χ0v) is 6.08. The zero-order chi connectivity index (χ0) is 8.32. The number of primary amides is 1. The van der Waals surface area contributed by atoms with Gasteiger partial charge in [0.05, 0.1) is 6.61 Å². The summed E-state index contributed by atoms with van der Waals surface area (Å²) in [5.74, 6) is 0. The van der Waals surface area contributed by atoms with E-state index in [1.807, 2.05) is 0 Å². The van der Waals surface area contributed by atoms with Gasteiger partial charge in [-0.1, -0.05) is 5.18 Å². The van der Waals surface area contributed by atoms with Crippen LogP contribution in [0.3, 0.4) is 0 Å². The summed E-state index contributed by atoms with van der Waals surface area (Å²) in [7, 11) is 0. The number of nitrogens with two attached hydrogens (primary N) is 1. The van der Waals surface area contributed by atoms with Crippen molar-refractivity contribution in [2.45, 2.75) is 24.8 Å². The SMILES string of the molecule is NC(=O)OCCC1(N=O)CC1. The fourth-order valence-corrected chi connectivity index (χ4v) is 0.873. The summed E-state index contributed by atoms with van der Waals surface area (Å²) in [6.07, 6.45) is 1.31. The third-order valence-electron chi connectivity index (χ3n) is 1.83. The highest BCUT2D eigenvalue weighted by molar-refractivity contribution is 5.64. The molecule has 0 radical (unpaired) electrons. The van der Waals surface area contributed by atoms with Gasteiger partial charge in [0.2, 0.25) is 0 Å². The molecular weight excluding hydrogens is 148 g/mol. The van der Waals surface area contributed by atoms with Crippen LogP contribution >= 0.6 is 0 Å². The van der Waals surface area contributed by atoms with E-state index in [0.717, 1.165) is 12.8 Å². The molecule has 0 aromatic heterocycles. The van der Waals surface area contributed by atoms with Crippen molar-refractivity contribution in [1.29, 1.82) is 0 Å². The third-order valence-corrected chi connectivity index (χ3v) is 1.83. The molecule has 1 rings (SSSR count). The van der Waals surface area contributed by atoms with Crippen LogP contribution in [0.25, 0.3) is 0 Å². The van der Waals surface area contributed by atoms with Crippen molar-refractivity contribution in [3.63, 3.8) is 0 Å². The maximum absolute atomic E-state index is 10.1. The normalized spacial score (nSPS) is 18.9. The molecule has 2 N–H and O–H groups in total. The number of carbonyl (C=O) groups excluding carboxylic acids is 1. The van der Waals surface area contributed by atoms with Gasteiger partial charge in [0.1, 0.15) is 5.54 Å². The summed E-state index contributed by atoms with van der Waals surface area (Å²) in [5, 5.41) is 2.95. The quantitative estimate of drug-likeness (QED) is 0.613. The number of hydrogen-bond donors (Lipinski definition) is 1. The van der Waals surface area contributed by atoms with Gasteiger partial charge in [0.15, 0.2) is 0 Å². The summed E-state index contributed by atoms with van der Waals surface area (Å²) in [5.41, 5.74) is 4.28. The van der Waals surface area contributed by atoms with Crippen molar-refractivity contribution >= 4 is 6.09 Å². The Labute approximate surface area is 63.9 Å². The molecule has 1 fully saturated rings. The van der Waals surface area contributed by atoms with E-state index in [1.54, 1.807) is 0 Å². The van der Waals surface area contributed by atoms with Crippen molar-refractivity contribution in [2.75, 3.05) is 6.61 Å². The molecule has 1 aliphatic rings. The Morgan fingerprint density at radius 1 is 1.64 bits per heavy atom. The lowest BCUT2D eigenvalue weighted by atomic mass is 10.2. The zero-order valence-electron chi connectivity index (χ0n) is 6.08. The number of hydrogen-bond acceptors (Lipinski definition) is 4. The molecule has 62 valence electrons. The minimum absolute atomic E-state index is 0.196. The number of carbonyl (C=O) groups is 1. The van der Waals surface area contributed by atoms with E-state index < -0.39 is 11.6 Å². The topological polar surface area (TPSA) is 81.8 Å². The van der Waals surface area contributed by atoms with E-state index in [-0.39, 0.29) is 6.61 Å². The largest absolute Gasteiger partial charge is 0.450 e. The fraction of sp³-hybridized carbons (Fsp3) is 0.833. The van der Waals surface area contributed by atoms with Crippen molar-refractivity contribution < 1.29 is 9.53 Å². The Hall–Kier alpha value is -1.13. The van der Waals surface area contributed by atoms with Crippen LogP contribution in [-0.4, -0.2) is 18.2 Å². The highest BCUT2D eigenvalue weighted by atomic mass is 16.5. The van der Waals surface area contributed by atoms with Crippen LogP contribution in [0, 0.1) is 4.91 Å². The van der Waals surface area contributed by atoms with Crippen molar-refractivity contribution in [1.82, 2.24) is 0 Å². The summed E-state index contributed by atoms with van der Waals surface area (Å²) < 4.78 is 4.46. The Balaban J connectivity index is 2.12. The summed E-state index contributed by atoms with van der Waals surface area (Å²) >= 11 is 0.